The Labute approximate surface area is 94.2 Å². The van der Waals surface area contributed by atoms with E-state index in [4.69, 9.17) is 0 Å². The van der Waals surface area contributed by atoms with Crippen LogP contribution in [0.3, 0.4) is 0 Å². The van der Waals surface area contributed by atoms with Gasteiger partial charge in [0.05, 0.1) is 6.54 Å². The summed E-state index contributed by atoms with van der Waals surface area (Å²) in [5.74, 6) is 0.0162. The number of nitrogens with one attached hydrogen (secondary N) is 2. The number of hydrogen-bond acceptors (Lipinski definition) is 3. The van der Waals surface area contributed by atoms with Crippen molar-refractivity contribution in [3.63, 3.8) is 0 Å². The highest BCUT2D eigenvalue weighted by atomic mass is 32.1. The van der Waals surface area contributed by atoms with Crippen LogP contribution in [0.4, 0.5) is 0 Å². The van der Waals surface area contributed by atoms with Crippen LogP contribution in [0.15, 0.2) is 23.4 Å². The van der Waals surface area contributed by atoms with E-state index in [9.17, 15) is 4.79 Å². The first-order valence-electron chi connectivity index (χ1n) is 4.84. The van der Waals surface area contributed by atoms with Crippen LogP contribution in [-0.2, 0) is 11.3 Å². The summed E-state index contributed by atoms with van der Waals surface area (Å²) in [7, 11) is 0. The highest BCUT2D eigenvalue weighted by Gasteiger charge is 2.02. The summed E-state index contributed by atoms with van der Waals surface area (Å²) in [5.41, 5.74) is 2.43. The molecule has 0 spiro atoms. The molecule has 15 heavy (non-hydrogen) atoms. The lowest BCUT2D eigenvalue weighted by atomic mass is 10.2. The Morgan fingerprint density at radius 2 is 2.40 bits per heavy atom. The Bertz CT molecular complexity index is 333. The van der Waals surface area contributed by atoms with E-state index in [0.29, 0.717) is 19.6 Å². The fourth-order valence-corrected chi connectivity index (χ4v) is 1.97. The Hall–Kier alpha value is -1.13. The number of hydrogen-bond donors (Lipinski definition) is 2. The zero-order valence-corrected chi connectivity index (χ0v) is 9.69. The number of carbonyl (C=O) groups excluding carboxylic acids is 1. The average molecular weight is 224 g/mol. The SMILES string of the molecule is C=CCNCC(=O)NCc1cscc1C. The predicted molar refractivity (Wildman–Crippen MR) is 64.0 cm³/mol. The van der Waals surface area contributed by atoms with Gasteiger partial charge in [-0.05, 0) is 28.8 Å². The van der Waals surface area contributed by atoms with Gasteiger partial charge in [-0.3, -0.25) is 4.79 Å². The van der Waals surface area contributed by atoms with Gasteiger partial charge >= 0.3 is 0 Å². The first-order chi connectivity index (χ1) is 7.24. The first-order valence-corrected chi connectivity index (χ1v) is 5.78. The summed E-state index contributed by atoms with van der Waals surface area (Å²) in [5, 5.41) is 9.95. The van der Waals surface area contributed by atoms with Crippen LogP contribution in [-0.4, -0.2) is 19.0 Å². The van der Waals surface area contributed by atoms with E-state index in [1.165, 1.54) is 11.1 Å². The number of thiophene rings is 1. The van der Waals surface area contributed by atoms with Gasteiger partial charge in [0.2, 0.25) is 5.91 Å². The van der Waals surface area contributed by atoms with E-state index >= 15 is 0 Å². The minimum Gasteiger partial charge on any atom is -0.351 e. The van der Waals surface area contributed by atoms with Crippen molar-refractivity contribution < 1.29 is 4.79 Å². The molecule has 0 aliphatic carbocycles. The molecule has 0 aliphatic heterocycles. The molecule has 0 aliphatic rings. The van der Waals surface area contributed by atoms with Crippen LogP contribution in [0.5, 0.6) is 0 Å². The summed E-state index contributed by atoms with van der Waals surface area (Å²) in [4.78, 5) is 11.3. The first kappa shape index (κ1) is 11.9. The standard InChI is InChI=1S/C11H16N2OS/c1-3-4-12-6-11(14)13-5-10-8-15-7-9(10)2/h3,7-8,12H,1,4-6H2,2H3,(H,13,14). The summed E-state index contributed by atoms with van der Waals surface area (Å²) in [6.07, 6.45) is 1.73. The molecule has 2 N–H and O–H groups in total. The van der Waals surface area contributed by atoms with Gasteiger partial charge in [0.1, 0.15) is 0 Å². The lowest BCUT2D eigenvalue weighted by Gasteiger charge is -2.05. The minimum absolute atomic E-state index is 0.0162. The summed E-state index contributed by atoms with van der Waals surface area (Å²) in [6, 6.07) is 0. The summed E-state index contributed by atoms with van der Waals surface area (Å²) >= 11 is 1.66. The third kappa shape index (κ3) is 4.27. The highest BCUT2D eigenvalue weighted by Crippen LogP contribution is 2.12. The van der Waals surface area contributed by atoms with E-state index in [1.54, 1.807) is 17.4 Å². The zero-order valence-electron chi connectivity index (χ0n) is 8.88. The van der Waals surface area contributed by atoms with Crippen molar-refractivity contribution in [2.45, 2.75) is 13.5 Å². The van der Waals surface area contributed by atoms with Crippen LogP contribution >= 0.6 is 11.3 Å². The fourth-order valence-electron chi connectivity index (χ4n) is 1.11. The van der Waals surface area contributed by atoms with Gasteiger partial charge in [0.15, 0.2) is 0 Å². The van der Waals surface area contributed by atoms with Crippen molar-refractivity contribution in [1.29, 1.82) is 0 Å². The van der Waals surface area contributed by atoms with Crippen LogP contribution < -0.4 is 10.6 Å². The quantitative estimate of drug-likeness (QED) is 0.567. The van der Waals surface area contributed by atoms with Gasteiger partial charge in [-0.1, -0.05) is 6.08 Å². The van der Waals surface area contributed by atoms with Crippen LogP contribution in [0, 0.1) is 6.92 Å². The van der Waals surface area contributed by atoms with E-state index in [-0.39, 0.29) is 5.91 Å². The maximum atomic E-state index is 11.3. The number of amides is 1. The van der Waals surface area contributed by atoms with Gasteiger partial charge in [0.25, 0.3) is 0 Å². The van der Waals surface area contributed by atoms with Gasteiger partial charge in [-0.25, -0.2) is 0 Å². The smallest absolute Gasteiger partial charge is 0.234 e. The summed E-state index contributed by atoms with van der Waals surface area (Å²) < 4.78 is 0. The molecule has 1 aromatic rings. The fraction of sp³-hybridized carbons (Fsp3) is 0.364. The number of carbonyl (C=O) groups is 1. The van der Waals surface area contributed by atoms with Crippen molar-refractivity contribution in [1.82, 2.24) is 10.6 Å². The van der Waals surface area contributed by atoms with E-state index < -0.39 is 0 Å². The molecular formula is C11H16N2OS. The number of rotatable bonds is 6. The molecule has 0 unspecified atom stereocenters. The van der Waals surface area contributed by atoms with Gasteiger partial charge in [-0.2, -0.15) is 11.3 Å². The molecule has 0 aromatic carbocycles. The topological polar surface area (TPSA) is 41.1 Å². The van der Waals surface area contributed by atoms with Gasteiger partial charge in [-0.15, -0.1) is 6.58 Å². The molecular weight excluding hydrogens is 208 g/mol. The molecule has 0 atom stereocenters. The molecule has 1 rings (SSSR count). The maximum Gasteiger partial charge on any atom is 0.234 e. The minimum atomic E-state index is 0.0162. The third-order valence-corrected chi connectivity index (χ3v) is 2.92. The van der Waals surface area contributed by atoms with Crippen molar-refractivity contribution in [2.24, 2.45) is 0 Å². The predicted octanol–water partition coefficient (Wildman–Crippen LogP) is 1.45. The molecule has 3 nitrogen and oxygen atoms in total. The Balaban J connectivity index is 2.22. The molecule has 0 saturated carbocycles. The third-order valence-electron chi connectivity index (χ3n) is 2.01. The molecule has 82 valence electrons. The Morgan fingerprint density at radius 1 is 1.60 bits per heavy atom. The van der Waals surface area contributed by atoms with Crippen molar-refractivity contribution in [2.75, 3.05) is 13.1 Å². The monoisotopic (exact) mass is 224 g/mol. The van der Waals surface area contributed by atoms with E-state index in [0.717, 1.165) is 0 Å². The van der Waals surface area contributed by atoms with Gasteiger partial charge < -0.3 is 10.6 Å². The van der Waals surface area contributed by atoms with Crippen LogP contribution in [0.25, 0.3) is 0 Å². The highest BCUT2D eigenvalue weighted by molar-refractivity contribution is 7.08. The van der Waals surface area contributed by atoms with Crippen molar-refractivity contribution in [3.8, 4) is 0 Å². The molecule has 0 saturated heterocycles. The molecule has 0 fully saturated rings. The largest absolute Gasteiger partial charge is 0.351 e. The van der Waals surface area contributed by atoms with Crippen molar-refractivity contribution in [3.05, 3.63) is 34.5 Å². The van der Waals surface area contributed by atoms with E-state index in [2.05, 4.69) is 28.0 Å². The second-order valence-electron chi connectivity index (χ2n) is 3.28. The zero-order chi connectivity index (χ0) is 11.1. The van der Waals surface area contributed by atoms with Crippen LogP contribution in [0.2, 0.25) is 0 Å². The molecule has 4 heteroatoms. The molecule has 1 amide bonds. The second kappa shape index (κ2) is 6.37. The molecule has 0 bridgehead atoms. The Morgan fingerprint density at radius 3 is 3.00 bits per heavy atom. The molecule has 1 heterocycles. The molecule has 0 radical (unpaired) electrons. The van der Waals surface area contributed by atoms with E-state index in [1.807, 2.05) is 6.92 Å². The maximum absolute atomic E-state index is 11.3. The second-order valence-corrected chi connectivity index (χ2v) is 4.02. The van der Waals surface area contributed by atoms with Gasteiger partial charge in [0, 0.05) is 13.1 Å². The molecule has 1 aromatic heterocycles. The summed E-state index contributed by atoms with van der Waals surface area (Å²) in [6.45, 7) is 7.23. The Kier molecular flexibility index (Phi) is 5.07. The normalized spacial score (nSPS) is 9.93. The lowest BCUT2D eigenvalue weighted by Crippen LogP contribution is -2.33. The van der Waals surface area contributed by atoms with Crippen molar-refractivity contribution >= 4 is 17.2 Å². The lowest BCUT2D eigenvalue weighted by molar-refractivity contribution is -0.120. The average Bonchev–Trinajstić information content (AvgIpc) is 2.61. The number of aryl methyl sites for hydroxylation is 1. The van der Waals surface area contributed by atoms with Crippen LogP contribution in [0.1, 0.15) is 11.1 Å².